The van der Waals surface area contributed by atoms with E-state index in [2.05, 4.69) is 5.32 Å². The van der Waals surface area contributed by atoms with Gasteiger partial charge in [-0.3, -0.25) is 9.59 Å². The van der Waals surface area contributed by atoms with E-state index >= 15 is 0 Å². The van der Waals surface area contributed by atoms with Crippen LogP contribution < -0.4 is 5.32 Å². The lowest BCUT2D eigenvalue weighted by atomic mass is 10.0. The maximum Gasteiger partial charge on any atom is 0.242 e. The summed E-state index contributed by atoms with van der Waals surface area (Å²) < 4.78 is 0. The maximum atomic E-state index is 13.5. The average Bonchev–Trinajstić information content (AvgIpc) is 2.78. The molecule has 0 radical (unpaired) electrons. The van der Waals surface area contributed by atoms with E-state index in [4.69, 9.17) is 34.8 Å². The topological polar surface area (TPSA) is 49.4 Å². The molecule has 0 fully saturated rings. The summed E-state index contributed by atoms with van der Waals surface area (Å²) in [4.78, 5) is 28.0. The Labute approximate surface area is 203 Å². The SMILES string of the molecule is CNC(=O)[C@@H](Cc1ccccc1)N(Cc1cccc(Cl)c1)C(=O)Cc1ccc(Cl)cc1Cl. The van der Waals surface area contributed by atoms with Gasteiger partial charge in [-0.15, -0.1) is 0 Å². The van der Waals surface area contributed by atoms with Crippen LogP contribution in [0.5, 0.6) is 0 Å². The van der Waals surface area contributed by atoms with Crippen LogP contribution in [0.15, 0.2) is 72.8 Å². The van der Waals surface area contributed by atoms with Gasteiger partial charge in [-0.1, -0.05) is 83.3 Å². The molecule has 0 saturated heterocycles. The second kappa shape index (κ2) is 11.4. The fraction of sp³-hybridized carbons (Fsp3) is 0.200. The highest BCUT2D eigenvalue weighted by Gasteiger charge is 2.30. The molecule has 0 aliphatic heterocycles. The smallest absolute Gasteiger partial charge is 0.242 e. The number of benzene rings is 3. The van der Waals surface area contributed by atoms with Gasteiger partial charge in [0.1, 0.15) is 6.04 Å². The third-order valence-electron chi connectivity index (χ3n) is 5.12. The third kappa shape index (κ3) is 6.49. The summed E-state index contributed by atoms with van der Waals surface area (Å²) in [7, 11) is 1.57. The van der Waals surface area contributed by atoms with E-state index in [1.165, 1.54) is 0 Å². The van der Waals surface area contributed by atoms with Gasteiger partial charge in [0.25, 0.3) is 0 Å². The zero-order valence-corrected chi connectivity index (χ0v) is 19.8. The minimum atomic E-state index is -0.708. The van der Waals surface area contributed by atoms with Crippen molar-refractivity contribution in [1.29, 1.82) is 0 Å². The fourth-order valence-corrected chi connectivity index (χ4v) is 4.17. The summed E-state index contributed by atoms with van der Waals surface area (Å²) in [6.45, 7) is 0.232. The van der Waals surface area contributed by atoms with Gasteiger partial charge in [0.2, 0.25) is 11.8 Å². The standard InChI is InChI=1S/C25H23Cl3N2O2/c1-29-25(32)23(13-17-6-3-2-4-7-17)30(16-18-8-5-9-20(26)12-18)24(31)14-19-10-11-21(27)15-22(19)28/h2-12,15,23H,13-14,16H2,1H3,(H,29,32)/t23-/m1/s1. The van der Waals surface area contributed by atoms with Crippen LogP contribution in [0.25, 0.3) is 0 Å². The van der Waals surface area contributed by atoms with E-state index in [-0.39, 0.29) is 24.8 Å². The Bertz CT molecular complexity index is 1090. The van der Waals surface area contributed by atoms with Crippen molar-refractivity contribution < 1.29 is 9.59 Å². The number of halogens is 3. The molecule has 0 aliphatic carbocycles. The van der Waals surface area contributed by atoms with Crippen LogP contribution >= 0.6 is 34.8 Å². The molecule has 0 unspecified atom stereocenters. The molecule has 32 heavy (non-hydrogen) atoms. The van der Waals surface area contributed by atoms with Crippen LogP contribution in [0, 0.1) is 0 Å². The first-order valence-corrected chi connectivity index (χ1v) is 11.2. The number of hydrogen-bond donors (Lipinski definition) is 1. The Balaban J connectivity index is 1.96. The van der Waals surface area contributed by atoms with Gasteiger partial charge in [-0.2, -0.15) is 0 Å². The maximum absolute atomic E-state index is 13.5. The predicted octanol–water partition coefficient (Wildman–Crippen LogP) is 5.58. The first-order valence-electron chi connectivity index (χ1n) is 10.1. The quantitative estimate of drug-likeness (QED) is 0.449. The summed E-state index contributed by atoms with van der Waals surface area (Å²) in [5, 5.41) is 4.17. The van der Waals surface area contributed by atoms with E-state index in [1.54, 1.807) is 42.3 Å². The van der Waals surface area contributed by atoms with E-state index in [9.17, 15) is 9.59 Å². The highest BCUT2D eigenvalue weighted by atomic mass is 35.5. The number of carbonyl (C=O) groups excluding carboxylic acids is 2. The van der Waals surface area contributed by atoms with Crippen LogP contribution in [0.3, 0.4) is 0 Å². The Morgan fingerprint density at radius 2 is 1.56 bits per heavy atom. The van der Waals surface area contributed by atoms with Gasteiger partial charge in [0, 0.05) is 35.1 Å². The molecule has 3 aromatic rings. The largest absolute Gasteiger partial charge is 0.357 e. The Hall–Kier alpha value is -2.53. The molecule has 0 heterocycles. The van der Waals surface area contributed by atoms with Gasteiger partial charge in [-0.05, 0) is 41.0 Å². The molecule has 3 aromatic carbocycles. The normalized spacial score (nSPS) is 11.6. The second-order valence-corrected chi connectivity index (χ2v) is 8.66. The Morgan fingerprint density at radius 3 is 2.22 bits per heavy atom. The number of rotatable bonds is 8. The van der Waals surface area contributed by atoms with Crippen LogP contribution in [-0.4, -0.2) is 29.8 Å². The average molecular weight is 490 g/mol. The summed E-state index contributed by atoms with van der Waals surface area (Å²) in [5.41, 5.74) is 2.43. The molecule has 0 aliphatic rings. The van der Waals surface area contributed by atoms with Crippen molar-refractivity contribution in [3.63, 3.8) is 0 Å². The lowest BCUT2D eigenvalue weighted by molar-refractivity contribution is -0.140. The molecule has 1 atom stereocenters. The van der Waals surface area contributed by atoms with Crippen LogP contribution in [0.4, 0.5) is 0 Å². The molecule has 0 bridgehead atoms. The van der Waals surface area contributed by atoms with E-state index in [0.29, 0.717) is 27.1 Å². The van der Waals surface area contributed by atoms with Gasteiger partial charge >= 0.3 is 0 Å². The van der Waals surface area contributed by atoms with Crippen LogP contribution in [-0.2, 0) is 29.0 Å². The highest BCUT2D eigenvalue weighted by Crippen LogP contribution is 2.24. The predicted molar refractivity (Wildman–Crippen MR) is 130 cm³/mol. The molecular formula is C25H23Cl3N2O2. The van der Waals surface area contributed by atoms with Crippen molar-refractivity contribution in [3.05, 3.63) is 105 Å². The van der Waals surface area contributed by atoms with Gasteiger partial charge in [-0.25, -0.2) is 0 Å². The number of nitrogens with one attached hydrogen (secondary N) is 1. The van der Waals surface area contributed by atoms with Crippen LogP contribution in [0.1, 0.15) is 16.7 Å². The Kier molecular flexibility index (Phi) is 8.57. The van der Waals surface area contributed by atoms with Gasteiger partial charge in [0.05, 0.1) is 6.42 Å². The third-order valence-corrected chi connectivity index (χ3v) is 5.94. The molecule has 0 aromatic heterocycles. The van der Waals surface area contributed by atoms with Crippen LogP contribution in [0.2, 0.25) is 15.1 Å². The zero-order chi connectivity index (χ0) is 23.1. The molecule has 1 N–H and O–H groups in total. The molecule has 7 heteroatoms. The summed E-state index contributed by atoms with van der Waals surface area (Å²) >= 11 is 18.5. The summed E-state index contributed by atoms with van der Waals surface area (Å²) in [6.07, 6.45) is 0.417. The molecule has 3 rings (SSSR count). The molecule has 0 saturated carbocycles. The first-order chi connectivity index (χ1) is 15.4. The minimum absolute atomic E-state index is 0.0405. The van der Waals surface area contributed by atoms with Crippen molar-refractivity contribution in [3.8, 4) is 0 Å². The Morgan fingerprint density at radius 1 is 0.875 bits per heavy atom. The molecule has 2 amide bonds. The van der Waals surface area contributed by atoms with Gasteiger partial charge in [0.15, 0.2) is 0 Å². The highest BCUT2D eigenvalue weighted by molar-refractivity contribution is 6.35. The summed E-state index contributed by atoms with van der Waals surface area (Å²) in [5.74, 6) is -0.467. The van der Waals surface area contributed by atoms with Crippen molar-refractivity contribution in [2.45, 2.75) is 25.4 Å². The van der Waals surface area contributed by atoms with E-state index in [0.717, 1.165) is 11.1 Å². The fourth-order valence-electron chi connectivity index (χ4n) is 3.48. The minimum Gasteiger partial charge on any atom is -0.357 e. The lowest BCUT2D eigenvalue weighted by Gasteiger charge is -2.31. The molecule has 0 spiro atoms. The number of amides is 2. The number of hydrogen-bond acceptors (Lipinski definition) is 2. The molecule has 4 nitrogen and oxygen atoms in total. The van der Waals surface area contributed by atoms with Crippen molar-refractivity contribution in [2.75, 3.05) is 7.05 Å². The van der Waals surface area contributed by atoms with Gasteiger partial charge < -0.3 is 10.2 Å². The van der Waals surface area contributed by atoms with Crippen molar-refractivity contribution >= 4 is 46.6 Å². The lowest BCUT2D eigenvalue weighted by Crippen LogP contribution is -2.50. The molecule has 166 valence electrons. The number of likely N-dealkylation sites (N-methyl/N-ethyl adjacent to an activating group) is 1. The zero-order valence-electron chi connectivity index (χ0n) is 17.5. The second-order valence-electron chi connectivity index (χ2n) is 7.38. The number of nitrogens with zero attached hydrogens (tertiary/aromatic N) is 1. The van der Waals surface area contributed by atoms with E-state index in [1.807, 2.05) is 42.5 Å². The van der Waals surface area contributed by atoms with Crippen molar-refractivity contribution in [2.24, 2.45) is 0 Å². The first kappa shape index (κ1) is 24.1. The van der Waals surface area contributed by atoms with E-state index < -0.39 is 6.04 Å². The summed E-state index contributed by atoms with van der Waals surface area (Å²) in [6, 6.07) is 21.2. The monoisotopic (exact) mass is 488 g/mol. The van der Waals surface area contributed by atoms with Crippen molar-refractivity contribution in [1.82, 2.24) is 10.2 Å². The number of carbonyl (C=O) groups is 2. The molecular weight excluding hydrogens is 467 g/mol.